The standard InChI is InChI=1S/C15H20N2O/c1-15(2,3)12-10-17(11-12)13-5-4-6-14(9-13)18-8-7-16/h4-6,9,12H,8,10-11H2,1-3H3. The number of benzene rings is 1. The number of hydrogen-bond acceptors (Lipinski definition) is 3. The van der Waals surface area contributed by atoms with E-state index in [0.29, 0.717) is 5.41 Å². The van der Waals surface area contributed by atoms with Crippen LogP contribution < -0.4 is 9.64 Å². The van der Waals surface area contributed by atoms with Gasteiger partial charge < -0.3 is 9.64 Å². The lowest BCUT2D eigenvalue weighted by Gasteiger charge is -2.47. The third-order valence-corrected chi connectivity index (χ3v) is 3.59. The van der Waals surface area contributed by atoms with Crippen LogP contribution in [0.4, 0.5) is 5.69 Å². The van der Waals surface area contributed by atoms with Gasteiger partial charge in [-0.1, -0.05) is 26.8 Å². The number of nitriles is 1. The maximum atomic E-state index is 8.50. The molecule has 0 bridgehead atoms. The summed E-state index contributed by atoms with van der Waals surface area (Å²) in [6.07, 6.45) is 0. The zero-order valence-corrected chi connectivity index (χ0v) is 11.3. The van der Waals surface area contributed by atoms with Crippen LogP contribution in [0.2, 0.25) is 0 Å². The quantitative estimate of drug-likeness (QED) is 0.819. The Kier molecular flexibility index (Phi) is 3.47. The van der Waals surface area contributed by atoms with Crippen LogP contribution in [0.3, 0.4) is 0 Å². The van der Waals surface area contributed by atoms with E-state index in [0.717, 1.165) is 24.8 Å². The van der Waals surface area contributed by atoms with Gasteiger partial charge in [-0.05, 0) is 23.5 Å². The Balaban J connectivity index is 1.97. The first-order chi connectivity index (χ1) is 8.50. The maximum Gasteiger partial charge on any atom is 0.174 e. The molecular weight excluding hydrogens is 224 g/mol. The van der Waals surface area contributed by atoms with Crippen molar-refractivity contribution in [3.8, 4) is 11.8 Å². The number of anilines is 1. The van der Waals surface area contributed by atoms with E-state index in [-0.39, 0.29) is 6.61 Å². The lowest BCUT2D eigenvalue weighted by atomic mass is 9.76. The second-order valence-electron chi connectivity index (χ2n) is 5.91. The van der Waals surface area contributed by atoms with Crippen molar-refractivity contribution < 1.29 is 4.74 Å². The Morgan fingerprint density at radius 1 is 1.39 bits per heavy atom. The molecule has 0 atom stereocenters. The first-order valence-corrected chi connectivity index (χ1v) is 6.35. The van der Waals surface area contributed by atoms with Gasteiger partial charge in [0.25, 0.3) is 0 Å². The smallest absolute Gasteiger partial charge is 0.174 e. The van der Waals surface area contributed by atoms with Crippen molar-refractivity contribution >= 4 is 5.69 Å². The molecular formula is C15H20N2O. The van der Waals surface area contributed by atoms with Gasteiger partial charge in [0, 0.05) is 24.8 Å². The Labute approximate surface area is 109 Å². The fourth-order valence-corrected chi connectivity index (χ4v) is 2.12. The van der Waals surface area contributed by atoms with Crippen LogP contribution in [0.25, 0.3) is 0 Å². The minimum Gasteiger partial charge on any atom is -0.479 e. The first-order valence-electron chi connectivity index (χ1n) is 6.35. The topological polar surface area (TPSA) is 36.3 Å². The van der Waals surface area contributed by atoms with Crippen molar-refractivity contribution in [1.82, 2.24) is 0 Å². The van der Waals surface area contributed by atoms with Gasteiger partial charge in [-0.25, -0.2) is 0 Å². The van der Waals surface area contributed by atoms with Gasteiger partial charge >= 0.3 is 0 Å². The minimum absolute atomic E-state index is 0.105. The summed E-state index contributed by atoms with van der Waals surface area (Å²) < 4.78 is 5.32. The molecule has 1 fully saturated rings. The molecule has 1 aliphatic heterocycles. The number of rotatable bonds is 3. The van der Waals surface area contributed by atoms with E-state index in [1.54, 1.807) is 0 Å². The number of hydrogen-bond donors (Lipinski definition) is 0. The second kappa shape index (κ2) is 4.89. The molecule has 0 saturated carbocycles. The molecule has 0 radical (unpaired) electrons. The predicted octanol–water partition coefficient (Wildman–Crippen LogP) is 3.07. The van der Waals surface area contributed by atoms with Gasteiger partial charge in [0.2, 0.25) is 0 Å². The van der Waals surface area contributed by atoms with Gasteiger partial charge in [-0.3, -0.25) is 0 Å². The van der Waals surface area contributed by atoms with Crippen LogP contribution in [0.1, 0.15) is 20.8 Å². The molecule has 1 aromatic carbocycles. The molecule has 1 aromatic rings. The number of ether oxygens (including phenoxy) is 1. The van der Waals surface area contributed by atoms with E-state index in [1.807, 2.05) is 24.3 Å². The molecule has 18 heavy (non-hydrogen) atoms. The lowest BCUT2D eigenvalue weighted by molar-refractivity contribution is 0.195. The summed E-state index contributed by atoms with van der Waals surface area (Å²) in [6.45, 7) is 9.19. The van der Waals surface area contributed by atoms with E-state index >= 15 is 0 Å². The molecule has 3 heteroatoms. The van der Waals surface area contributed by atoms with Crippen LogP contribution in [-0.2, 0) is 0 Å². The van der Waals surface area contributed by atoms with Crippen molar-refractivity contribution in [2.24, 2.45) is 11.3 Å². The summed E-state index contributed by atoms with van der Waals surface area (Å²) in [5, 5.41) is 8.50. The van der Waals surface area contributed by atoms with Gasteiger partial charge in [0.15, 0.2) is 6.61 Å². The molecule has 1 heterocycles. The van der Waals surface area contributed by atoms with Crippen LogP contribution in [-0.4, -0.2) is 19.7 Å². The largest absolute Gasteiger partial charge is 0.479 e. The van der Waals surface area contributed by atoms with E-state index in [4.69, 9.17) is 10.00 Å². The van der Waals surface area contributed by atoms with Crippen molar-refractivity contribution in [1.29, 1.82) is 5.26 Å². The Hall–Kier alpha value is -1.69. The summed E-state index contributed by atoms with van der Waals surface area (Å²) in [7, 11) is 0. The molecule has 96 valence electrons. The van der Waals surface area contributed by atoms with E-state index in [1.165, 1.54) is 5.69 Å². The predicted molar refractivity (Wildman–Crippen MR) is 72.7 cm³/mol. The average Bonchev–Trinajstić information content (AvgIpc) is 2.23. The molecule has 0 amide bonds. The highest BCUT2D eigenvalue weighted by Gasteiger charge is 2.35. The lowest BCUT2D eigenvalue weighted by Crippen LogP contribution is -2.52. The van der Waals surface area contributed by atoms with Crippen molar-refractivity contribution in [3.05, 3.63) is 24.3 Å². The monoisotopic (exact) mass is 244 g/mol. The zero-order chi connectivity index (χ0) is 13.2. The van der Waals surface area contributed by atoms with Crippen molar-refractivity contribution in [3.63, 3.8) is 0 Å². The minimum atomic E-state index is 0.105. The molecule has 0 N–H and O–H groups in total. The third kappa shape index (κ3) is 2.76. The van der Waals surface area contributed by atoms with Gasteiger partial charge in [-0.2, -0.15) is 5.26 Å². The van der Waals surface area contributed by atoms with Crippen molar-refractivity contribution in [2.45, 2.75) is 20.8 Å². The Morgan fingerprint density at radius 3 is 2.72 bits per heavy atom. The second-order valence-corrected chi connectivity index (χ2v) is 5.91. The molecule has 0 aromatic heterocycles. The normalized spacial score (nSPS) is 16.0. The molecule has 3 nitrogen and oxygen atoms in total. The van der Waals surface area contributed by atoms with Crippen LogP contribution >= 0.6 is 0 Å². The summed E-state index contributed by atoms with van der Waals surface area (Å²) in [5.41, 5.74) is 1.57. The number of nitrogens with zero attached hydrogens (tertiary/aromatic N) is 2. The summed E-state index contributed by atoms with van der Waals surface area (Å²) >= 11 is 0. The molecule has 2 rings (SSSR count). The average molecular weight is 244 g/mol. The van der Waals surface area contributed by atoms with E-state index in [2.05, 4.69) is 31.7 Å². The van der Waals surface area contributed by atoms with Crippen molar-refractivity contribution in [2.75, 3.05) is 24.6 Å². The van der Waals surface area contributed by atoms with Gasteiger partial charge in [0.05, 0.1) is 0 Å². The maximum absolute atomic E-state index is 8.50. The van der Waals surface area contributed by atoms with E-state index < -0.39 is 0 Å². The molecule has 0 aliphatic carbocycles. The highest BCUT2D eigenvalue weighted by atomic mass is 16.5. The molecule has 1 saturated heterocycles. The van der Waals surface area contributed by atoms with Gasteiger partial charge in [-0.15, -0.1) is 0 Å². The summed E-state index contributed by atoms with van der Waals surface area (Å²) in [4.78, 5) is 2.36. The van der Waals surface area contributed by atoms with Gasteiger partial charge in [0.1, 0.15) is 11.8 Å². The van der Waals surface area contributed by atoms with Crippen LogP contribution in [0.5, 0.6) is 5.75 Å². The van der Waals surface area contributed by atoms with Crippen LogP contribution in [0.15, 0.2) is 24.3 Å². The first kappa shape index (κ1) is 12.8. The van der Waals surface area contributed by atoms with Crippen LogP contribution in [0, 0.1) is 22.7 Å². The fraction of sp³-hybridized carbons (Fsp3) is 0.533. The SMILES string of the molecule is CC(C)(C)C1CN(c2cccc(OCC#N)c2)C1. The third-order valence-electron chi connectivity index (χ3n) is 3.59. The summed E-state index contributed by atoms with van der Waals surface area (Å²) in [6, 6.07) is 9.96. The Bertz CT molecular complexity index is 450. The highest BCUT2D eigenvalue weighted by Crippen LogP contribution is 2.36. The molecule has 1 aliphatic rings. The zero-order valence-electron chi connectivity index (χ0n) is 11.3. The Morgan fingerprint density at radius 2 is 2.11 bits per heavy atom. The van der Waals surface area contributed by atoms with E-state index in [9.17, 15) is 0 Å². The highest BCUT2D eigenvalue weighted by molar-refractivity contribution is 5.52. The summed E-state index contributed by atoms with van der Waals surface area (Å²) in [5.74, 6) is 1.52. The fourth-order valence-electron chi connectivity index (χ4n) is 2.12. The molecule has 0 unspecified atom stereocenters. The molecule has 0 spiro atoms.